The van der Waals surface area contributed by atoms with Crippen molar-refractivity contribution in [3.8, 4) is 0 Å². The summed E-state index contributed by atoms with van der Waals surface area (Å²) >= 11 is 0. The number of esters is 8. The molecule has 0 aromatic rings. The Morgan fingerprint density at radius 2 is 0.426 bits per heavy atom. The first kappa shape index (κ1) is 91.9. The fourth-order valence-corrected chi connectivity index (χ4v) is 2.25. The van der Waals surface area contributed by atoms with Gasteiger partial charge in [0.1, 0.15) is 53.8 Å². The maximum absolute atomic E-state index is 11.0. The molecule has 0 spiro atoms. The summed E-state index contributed by atoms with van der Waals surface area (Å²) in [6.45, 7) is 33.2. The van der Waals surface area contributed by atoms with Gasteiger partial charge in [-0.2, -0.15) is 0 Å². The lowest BCUT2D eigenvalue weighted by Gasteiger charge is -2.16. The highest BCUT2D eigenvalue weighted by atomic mass is 16.6. The molecule has 0 saturated carbocycles. The summed E-state index contributed by atoms with van der Waals surface area (Å²) in [5.74, 6) is -3.98. The average Bonchev–Trinajstić information content (AvgIpc) is 3.22. The molecule has 0 aromatic heterocycles. The van der Waals surface area contributed by atoms with Crippen molar-refractivity contribution < 1.29 is 76.3 Å². The molecule has 0 aromatic carbocycles. The molecule has 0 unspecified atom stereocenters. The molecule has 0 heterocycles. The van der Waals surface area contributed by atoms with Crippen LogP contribution in [0.15, 0.2) is 99.2 Å². The quantitative estimate of drug-likeness (QED) is 0.0389. The van der Waals surface area contributed by atoms with Crippen LogP contribution in [0.2, 0.25) is 0 Å². The van der Waals surface area contributed by atoms with Gasteiger partial charge in [-0.05, 0) is 55.9 Å². The van der Waals surface area contributed by atoms with Gasteiger partial charge in [-0.15, -0.1) is 0 Å². The third kappa shape index (κ3) is 61.6. The van der Waals surface area contributed by atoms with Gasteiger partial charge in [0, 0.05) is 46.6 Å². The molecule has 0 aliphatic rings. The van der Waals surface area contributed by atoms with E-state index in [9.17, 15) is 38.4 Å². The molecule has 0 N–H and O–H groups in total. The van der Waals surface area contributed by atoms with Crippen molar-refractivity contribution in [3.05, 3.63) is 99.2 Å². The van der Waals surface area contributed by atoms with Crippen LogP contribution in [0.1, 0.15) is 87.1 Å². The number of hydrogen-bond donors (Lipinski definition) is 0. The molecule has 0 rings (SSSR count). The Morgan fingerprint density at radius 3 is 0.529 bits per heavy atom. The molecule has 0 fully saturated rings. The molecular weight excluding hydrogens is 889 g/mol. The Kier molecular flexibility index (Phi) is 76.5. The Hall–Kier alpha value is -6.48. The summed E-state index contributed by atoms with van der Waals surface area (Å²) in [5.41, 5.74) is 1.30. The second kappa shape index (κ2) is 56.6. The molecule has 400 valence electrons. The Labute approximate surface area is 411 Å². The molecule has 20 nitrogen and oxygen atoms in total. The maximum atomic E-state index is 11.0. The summed E-state index contributed by atoms with van der Waals surface area (Å²) in [4.78, 5) is 92.6. The highest BCUT2D eigenvalue weighted by molar-refractivity contribution is 5.88. The predicted octanol–water partition coefficient (Wildman–Crippen LogP) is 7.82. The third-order valence-corrected chi connectivity index (χ3v) is 5.43. The van der Waals surface area contributed by atoms with Gasteiger partial charge in [0.05, 0.1) is 0 Å². The van der Waals surface area contributed by atoms with E-state index in [4.69, 9.17) is 18.9 Å². The van der Waals surface area contributed by atoms with E-state index in [2.05, 4.69) is 71.6 Å². The summed E-state index contributed by atoms with van der Waals surface area (Å²) in [6.07, 6.45) is 4.24. The minimum absolute atomic E-state index is 0. The monoisotopic (exact) mass is 981 g/mol. The fourth-order valence-electron chi connectivity index (χ4n) is 2.25. The van der Waals surface area contributed by atoms with Crippen molar-refractivity contribution in [2.75, 3.05) is 82.0 Å². The third-order valence-electron chi connectivity index (χ3n) is 5.43. The highest BCUT2D eigenvalue weighted by Crippen LogP contribution is 1.98. The summed E-state index contributed by atoms with van der Waals surface area (Å²) in [5, 5.41) is 0. The smallest absolute Gasteiger partial charge is 0.334 e. The first-order valence-electron chi connectivity index (χ1n) is 17.1. The van der Waals surface area contributed by atoms with E-state index in [0.717, 1.165) is 24.3 Å². The molecule has 20 heteroatoms. The zero-order chi connectivity index (χ0) is 47.4. The molecule has 0 aliphatic heterocycles. The molecule has 0 radical (unpaired) electrons. The Bertz CT molecular complexity index is 1320. The topological polar surface area (TPSA) is 223 Å². The molecule has 0 amide bonds. The van der Waals surface area contributed by atoms with Gasteiger partial charge in [-0.1, -0.05) is 112 Å². The number of hydrogen-bond acceptors (Lipinski definition) is 20. The fraction of sp³-hybridized carbons (Fsp3) is 0.500. The molecule has 0 bridgehead atoms. The minimum atomic E-state index is -0.521. The lowest BCUT2D eigenvalue weighted by atomic mass is 10.4. The second-order valence-electron chi connectivity index (χ2n) is 12.0. The van der Waals surface area contributed by atoms with Gasteiger partial charge in [-0.3, -0.25) is 0 Å². The SMILES string of the molecule is C.C.C.C.C.C.C.C.C=C(C)C(=O)OCN(C)COC(=O)C(=C)C.C=C(C)C(=O)OCN(C)COC(=O)C(=C)C.C=CC(=O)OCN(C)COC(=O)C=C.C=CC(=O)OCN(C)COC(=O)C=C. The van der Waals surface area contributed by atoms with Crippen molar-refractivity contribution in [1.29, 1.82) is 0 Å². The van der Waals surface area contributed by atoms with Gasteiger partial charge in [0.25, 0.3) is 0 Å². The Balaban J connectivity index is -0.0000000593. The number of ether oxygens (including phenoxy) is 8. The zero-order valence-electron chi connectivity index (χ0n) is 35.9. The number of carbonyl (C=O) groups is 8. The summed E-state index contributed by atoms with van der Waals surface area (Å²) in [6, 6.07) is 0. The maximum Gasteiger partial charge on any atom is 0.334 e. The van der Waals surface area contributed by atoms with Crippen molar-refractivity contribution in [1.82, 2.24) is 19.6 Å². The zero-order valence-corrected chi connectivity index (χ0v) is 35.9. The van der Waals surface area contributed by atoms with Crippen molar-refractivity contribution >= 4 is 47.8 Å². The summed E-state index contributed by atoms with van der Waals surface area (Å²) in [7, 11) is 6.56. The van der Waals surface area contributed by atoms with Crippen LogP contribution in [0, 0.1) is 0 Å². The van der Waals surface area contributed by atoms with Crippen LogP contribution in [0.5, 0.6) is 0 Å². The van der Waals surface area contributed by atoms with Gasteiger partial charge >= 0.3 is 47.8 Å². The molecule has 0 atom stereocenters. The van der Waals surface area contributed by atoms with Crippen LogP contribution < -0.4 is 0 Å². The van der Waals surface area contributed by atoms with E-state index >= 15 is 0 Å². The molecule has 68 heavy (non-hydrogen) atoms. The van der Waals surface area contributed by atoms with Gasteiger partial charge in [0.15, 0.2) is 0 Å². The van der Waals surface area contributed by atoms with E-state index in [0.29, 0.717) is 22.3 Å². The van der Waals surface area contributed by atoms with Crippen LogP contribution in [0.3, 0.4) is 0 Å². The number of nitrogens with zero attached hydrogens (tertiary/aromatic N) is 4. The Morgan fingerprint density at radius 1 is 0.309 bits per heavy atom. The number of rotatable bonds is 24. The molecule has 0 aliphatic carbocycles. The predicted molar refractivity (Wildman–Crippen MR) is 273 cm³/mol. The second-order valence-corrected chi connectivity index (χ2v) is 12.0. The first-order valence-corrected chi connectivity index (χ1v) is 17.1. The van der Waals surface area contributed by atoms with Crippen molar-refractivity contribution in [3.63, 3.8) is 0 Å². The van der Waals surface area contributed by atoms with Crippen LogP contribution >= 0.6 is 0 Å². The summed E-state index contributed by atoms with van der Waals surface area (Å²) < 4.78 is 38.0. The van der Waals surface area contributed by atoms with Crippen molar-refractivity contribution in [2.24, 2.45) is 0 Å². The minimum Gasteiger partial charge on any atom is -0.446 e. The first-order chi connectivity index (χ1) is 27.9. The highest BCUT2D eigenvalue weighted by Gasteiger charge is 2.10. The van der Waals surface area contributed by atoms with Gasteiger partial charge < -0.3 is 37.9 Å². The van der Waals surface area contributed by atoms with Crippen LogP contribution in [-0.4, -0.2) is 149 Å². The van der Waals surface area contributed by atoms with E-state index < -0.39 is 47.8 Å². The van der Waals surface area contributed by atoms with E-state index in [1.807, 2.05) is 0 Å². The van der Waals surface area contributed by atoms with Crippen LogP contribution in [-0.2, 0) is 76.3 Å². The van der Waals surface area contributed by atoms with E-state index in [1.165, 1.54) is 19.6 Å². The largest absolute Gasteiger partial charge is 0.446 e. The number of carbonyl (C=O) groups excluding carboxylic acids is 8. The lowest BCUT2D eigenvalue weighted by Crippen LogP contribution is -2.28. The molecule has 0 saturated heterocycles. The van der Waals surface area contributed by atoms with Gasteiger partial charge in [0.2, 0.25) is 0 Å². The standard InChI is InChI=1S/2C11H17NO4.2C9H13NO4.8CH4/c2*1-8(2)10(13)15-6-12(5)7-16-11(14)9(3)4;2*1-4-8(11)13-6-10(3)7-14-9(12)5-2;;;;;;;;/h2*1,3,6-7H2,2,4-5H3;2*4-5H,1-2,6-7H2,3H3;8*1H4. The van der Waals surface area contributed by atoms with Crippen LogP contribution in [0.4, 0.5) is 0 Å². The lowest BCUT2D eigenvalue weighted by molar-refractivity contribution is -0.152. The van der Waals surface area contributed by atoms with Gasteiger partial charge in [-0.25, -0.2) is 58.0 Å². The average molecular weight is 981 g/mol. The molecular formula is C48H92N4O16. The van der Waals surface area contributed by atoms with E-state index in [-0.39, 0.29) is 113 Å². The normalized spacial score (nSPS) is 8.41. The van der Waals surface area contributed by atoms with Crippen LogP contribution in [0.25, 0.3) is 0 Å². The van der Waals surface area contributed by atoms with Crippen molar-refractivity contribution in [2.45, 2.75) is 87.1 Å². The van der Waals surface area contributed by atoms with E-state index in [1.54, 1.807) is 55.9 Å².